The number of rotatable bonds is 2. The van der Waals surface area contributed by atoms with Crippen LogP contribution in [0.4, 0.5) is 0 Å². The molecule has 0 bridgehead atoms. The molecule has 2 atom stereocenters. The number of hydrazone groups is 1. The Balaban J connectivity index is 2.16. The van der Waals surface area contributed by atoms with Crippen molar-refractivity contribution in [2.75, 3.05) is 0 Å². The molecule has 2 rings (SSSR count). The van der Waals surface area contributed by atoms with Crippen molar-refractivity contribution >= 4 is 6.21 Å². The Morgan fingerprint density at radius 1 is 1.22 bits per heavy atom. The first-order valence-corrected chi connectivity index (χ1v) is 6.43. The SMILES string of the molecule is CC1CCCC(C)N1N=Cc1cccc(O)c1O. The Bertz CT molecular complexity index is 435. The van der Waals surface area contributed by atoms with E-state index < -0.39 is 0 Å². The van der Waals surface area contributed by atoms with Crippen LogP contribution in [0.3, 0.4) is 0 Å². The van der Waals surface area contributed by atoms with Gasteiger partial charge in [-0.05, 0) is 45.2 Å². The van der Waals surface area contributed by atoms with Crippen molar-refractivity contribution in [1.29, 1.82) is 0 Å². The predicted octanol–water partition coefficient (Wildman–Crippen LogP) is 2.69. The summed E-state index contributed by atoms with van der Waals surface area (Å²) in [7, 11) is 0. The maximum absolute atomic E-state index is 9.70. The van der Waals surface area contributed by atoms with Crippen LogP contribution in [-0.2, 0) is 0 Å². The second kappa shape index (κ2) is 5.29. The lowest BCUT2D eigenvalue weighted by atomic mass is 10.00. The lowest BCUT2D eigenvalue weighted by Gasteiger charge is -2.36. The Kier molecular flexibility index (Phi) is 3.75. The fourth-order valence-electron chi connectivity index (χ4n) is 2.42. The van der Waals surface area contributed by atoms with Crippen molar-refractivity contribution in [2.24, 2.45) is 5.10 Å². The van der Waals surface area contributed by atoms with Crippen molar-refractivity contribution in [1.82, 2.24) is 5.01 Å². The van der Waals surface area contributed by atoms with E-state index in [0.717, 1.165) is 12.8 Å². The molecule has 0 aromatic heterocycles. The molecule has 1 aromatic rings. The zero-order chi connectivity index (χ0) is 13.1. The molecule has 98 valence electrons. The third kappa shape index (κ3) is 2.58. The van der Waals surface area contributed by atoms with Gasteiger partial charge in [-0.2, -0.15) is 5.10 Å². The van der Waals surface area contributed by atoms with Crippen LogP contribution >= 0.6 is 0 Å². The first-order chi connectivity index (χ1) is 8.59. The van der Waals surface area contributed by atoms with Gasteiger partial charge in [0.2, 0.25) is 0 Å². The number of phenols is 2. The zero-order valence-electron chi connectivity index (χ0n) is 10.9. The van der Waals surface area contributed by atoms with E-state index in [1.165, 1.54) is 12.5 Å². The summed E-state index contributed by atoms with van der Waals surface area (Å²) < 4.78 is 0. The third-order valence-electron chi connectivity index (χ3n) is 3.52. The van der Waals surface area contributed by atoms with E-state index >= 15 is 0 Å². The number of hydrogen-bond donors (Lipinski definition) is 2. The smallest absolute Gasteiger partial charge is 0.166 e. The van der Waals surface area contributed by atoms with E-state index in [1.54, 1.807) is 18.3 Å². The predicted molar refractivity (Wildman–Crippen MR) is 72.0 cm³/mol. The second-order valence-electron chi connectivity index (χ2n) is 4.97. The summed E-state index contributed by atoms with van der Waals surface area (Å²) in [6, 6.07) is 5.73. The Hall–Kier alpha value is -1.71. The van der Waals surface area contributed by atoms with Gasteiger partial charge in [0, 0.05) is 17.6 Å². The van der Waals surface area contributed by atoms with Crippen LogP contribution in [0.15, 0.2) is 23.3 Å². The summed E-state index contributed by atoms with van der Waals surface area (Å²) in [5, 5.41) is 25.6. The lowest BCUT2D eigenvalue weighted by Crippen LogP contribution is -2.39. The summed E-state index contributed by atoms with van der Waals surface area (Å²) >= 11 is 0. The molecule has 2 N–H and O–H groups in total. The van der Waals surface area contributed by atoms with Crippen molar-refractivity contribution in [3.63, 3.8) is 0 Å². The number of para-hydroxylation sites is 1. The average molecular weight is 248 g/mol. The molecule has 2 unspecified atom stereocenters. The van der Waals surface area contributed by atoms with Crippen LogP contribution < -0.4 is 0 Å². The molecule has 0 radical (unpaired) electrons. The molecular weight excluding hydrogens is 228 g/mol. The van der Waals surface area contributed by atoms with E-state index in [2.05, 4.69) is 24.0 Å². The number of nitrogens with zero attached hydrogens (tertiary/aromatic N) is 2. The standard InChI is InChI=1S/C14H20N2O2/c1-10-5-3-6-11(2)16(10)15-9-12-7-4-8-13(17)14(12)18/h4,7-11,17-18H,3,5-6H2,1-2H3. The lowest BCUT2D eigenvalue weighted by molar-refractivity contribution is 0.109. The normalized spacial score (nSPS) is 24.7. The van der Waals surface area contributed by atoms with Gasteiger partial charge in [-0.25, -0.2) is 0 Å². The van der Waals surface area contributed by atoms with Gasteiger partial charge in [-0.15, -0.1) is 0 Å². The molecule has 4 heteroatoms. The van der Waals surface area contributed by atoms with E-state index in [1.807, 2.05) is 0 Å². The van der Waals surface area contributed by atoms with Crippen molar-refractivity contribution in [3.8, 4) is 11.5 Å². The number of piperidine rings is 1. The molecule has 1 fully saturated rings. The van der Waals surface area contributed by atoms with E-state index in [0.29, 0.717) is 17.6 Å². The first kappa shape index (κ1) is 12.7. The van der Waals surface area contributed by atoms with Gasteiger partial charge in [0.1, 0.15) is 0 Å². The third-order valence-corrected chi connectivity index (χ3v) is 3.52. The summed E-state index contributed by atoms with van der Waals surface area (Å²) in [6.45, 7) is 4.32. The molecule has 1 saturated heterocycles. The topological polar surface area (TPSA) is 56.1 Å². The summed E-state index contributed by atoms with van der Waals surface area (Å²) in [6.07, 6.45) is 5.15. The first-order valence-electron chi connectivity index (χ1n) is 6.43. The van der Waals surface area contributed by atoms with Gasteiger partial charge >= 0.3 is 0 Å². The minimum atomic E-state index is -0.112. The fourth-order valence-corrected chi connectivity index (χ4v) is 2.42. The zero-order valence-corrected chi connectivity index (χ0v) is 10.9. The van der Waals surface area contributed by atoms with Gasteiger partial charge in [0.15, 0.2) is 11.5 Å². The van der Waals surface area contributed by atoms with Crippen molar-refractivity contribution < 1.29 is 10.2 Å². The number of hydrogen-bond acceptors (Lipinski definition) is 4. The van der Waals surface area contributed by atoms with Crippen LogP contribution in [0.1, 0.15) is 38.7 Å². The van der Waals surface area contributed by atoms with Crippen LogP contribution in [0.2, 0.25) is 0 Å². The Morgan fingerprint density at radius 2 is 1.89 bits per heavy atom. The molecule has 1 aliphatic heterocycles. The van der Waals surface area contributed by atoms with E-state index in [4.69, 9.17) is 0 Å². The highest BCUT2D eigenvalue weighted by molar-refractivity contribution is 5.84. The molecule has 1 aromatic carbocycles. The van der Waals surface area contributed by atoms with E-state index in [-0.39, 0.29) is 11.5 Å². The molecule has 18 heavy (non-hydrogen) atoms. The summed E-state index contributed by atoms with van der Waals surface area (Å²) in [5.41, 5.74) is 0.542. The molecule has 0 aliphatic carbocycles. The van der Waals surface area contributed by atoms with Crippen LogP contribution in [-0.4, -0.2) is 33.5 Å². The Morgan fingerprint density at radius 3 is 2.56 bits per heavy atom. The van der Waals surface area contributed by atoms with Gasteiger partial charge in [-0.3, -0.25) is 5.01 Å². The van der Waals surface area contributed by atoms with Gasteiger partial charge in [-0.1, -0.05) is 6.07 Å². The van der Waals surface area contributed by atoms with Gasteiger partial charge in [0.25, 0.3) is 0 Å². The second-order valence-corrected chi connectivity index (χ2v) is 4.97. The molecule has 0 spiro atoms. The highest BCUT2D eigenvalue weighted by Crippen LogP contribution is 2.27. The largest absolute Gasteiger partial charge is 0.504 e. The van der Waals surface area contributed by atoms with Gasteiger partial charge in [0.05, 0.1) is 6.21 Å². The van der Waals surface area contributed by atoms with Crippen molar-refractivity contribution in [2.45, 2.75) is 45.2 Å². The maximum atomic E-state index is 9.70. The highest BCUT2D eigenvalue weighted by Gasteiger charge is 2.22. The molecule has 1 heterocycles. The average Bonchev–Trinajstić information content (AvgIpc) is 2.33. The molecule has 0 amide bonds. The monoisotopic (exact) mass is 248 g/mol. The Labute approximate surface area is 108 Å². The fraction of sp³-hybridized carbons (Fsp3) is 0.500. The maximum Gasteiger partial charge on any atom is 0.166 e. The van der Waals surface area contributed by atoms with Gasteiger partial charge < -0.3 is 10.2 Å². The quantitative estimate of drug-likeness (QED) is 0.625. The highest BCUT2D eigenvalue weighted by atomic mass is 16.3. The van der Waals surface area contributed by atoms with E-state index in [9.17, 15) is 10.2 Å². The molecular formula is C14H20N2O2. The number of benzene rings is 1. The minimum Gasteiger partial charge on any atom is -0.504 e. The number of phenolic OH excluding ortho intramolecular Hbond substituents is 2. The van der Waals surface area contributed by atoms with Crippen LogP contribution in [0.5, 0.6) is 11.5 Å². The molecule has 0 saturated carbocycles. The van der Waals surface area contributed by atoms with Crippen molar-refractivity contribution in [3.05, 3.63) is 23.8 Å². The summed E-state index contributed by atoms with van der Waals surface area (Å²) in [4.78, 5) is 0. The molecule has 1 aliphatic rings. The molecule has 4 nitrogen and oxygen atoms in total. The minimum absolute atomic E-state index is 0.112. The summed E-state index contributed by atoms with van der Waals surface area (Å²) in [5.74, 6) is -0.225. The number of aromatic hydroxyl groups is 2. The van der Waals surface area contributed by atoms with Crippen LogP contribution in [0, 0.1) is 0 Å². The van der Waals surface area contributed by atoms with Crippen LogP contribution in [0.25, 0.3) is 0 Å².